The molecule has 612 valence electrons. The molecule has 2 aromatic carbocycles. The maximum Gasteiger partial charge on any atom is 0.327 e. The highest BCUT2D eigenvalue weighted by molar-refractivity contribution is 9.13. The van der Waals surface area contributed by atoms with Crippen molar-refractivity contribution >= 4 is 291 Å². The maximum atomic E-state index is 12.5. The number of carboxylic acids is 3. The normalized spacial score (nSPS) is 20.7. The minimum absolute atomic E-state index is 0.00653. The third kappa shape index (κ3) is 21.5. The van der Waals surface area contributed by atoms with E-state index in [2.05, 4.69) is 162 Å². The third-order valence-corrected chi connectivity index (χ3v) is 22.8. The van der Waals surface area contributed by atoms with E-state index in [1.807, 2.05) is 0 Å². The molecule has 6 N–H and O–H groups in total. The number of piperidine rings is 1. The summed E-state index contributed by atoms with van der Waals surface area (Å²) >= 11 is 27.2. The van der Waals surface area contributed by atoms with Crippen LogP contribution in [0.15, 0.2) is 157 Å². The number of rotatable bonds is 21. The lowest BCUT2D eigenvalue weighted by Crippen LogP contribution is -2.60. The van der Waals surface area contributed by atoms with Crippen molar-refractivity contribution in [2.45, 2.75) is 62.3 Å². The van der Waals surface area contributed by atoms with Gasteiger partial charge in [-0.3, -0.25) is 125 Å². The average Bonchev–Trinajstić information content (AvgIpc) is 1.69. The Morgan fingerprint density at radius 2 is 0.863 bits per heavy atom. The van der Waals surface area contributed by atoms with Crippen molar-refractivity contribution in [2.24, 2.45) is 11.7 Å². The lowest BCUT2D eigenvalue weighted by atomic mass is 9.97. The van der Waals surface area contributed by atoms with Crippen molar-refractivity contribution in [2.75, 3.05) is 54.4 Å². The molecule has 0 saturated carbocycles. The first kappa shape index (κ1) is 92.6. The molecule has 5 atom stereocenters. The Kier molecular flexibility index (Phi) is 31.3. The van der Waals surface area contributed by atoms with Gasteiger partial charge in [-0.1, -0.05) is 41.2 Å². The fraction of sp³-hybridized carbons (Fsp3) is 0.239. The number of amides is 19. The van der Waals surface area contributed by atoms with E-state index >= 15 is 0 Å². The Balaban J connectivity index is 0.000000184. The molecule has 10 aliphatic rings. The van der Waals surface area contributed by atoms with Crippen LogP contribution < -0.4 is 20.9 Å². The van der Waals surface area contributed by atoms with Crippen LogP contribution in [0.1, 0.15) is 31.2 Å². The zero-order valence-corrected chi connectivity index (χ0v) is 73.5. The van der Waals surface area contributed by atoms with Crippen LogP contribution in [-0.2, 0) is 112 Å². The van der Waals surface area contributed by atoms with Crippen molar-refractivity contribution < 1.29 is 121 Å². The van der Waals surface area contributed by atoms with Crippen LogP contribution in [0.3, 0.4) is 0 Å². The Labute approximate surface area is 734 Å². The molecule has 0 spiro atoms. The average molecular weight is 2200 g/mol. The van der Waals surface area contributed by atoms with E-state index in [9.17, 15) is 111 Å². The highest BCUT2D eigenvalue weighted by atomic mass is 79.9. The molecule has 46 heteroatoms. The monoisotopic (exact) mass is 2190 g/mol. The van der Waals surface area contributed by atoms with E-state index in [1.165, 1.54) is 23.1 Å². The quantitative estimate of drug-likeness (QED) is 0.0869. The topological polar surface area (TPSA) is 507 Å². The molecule has 0 bridgehead atoms. The Morgan fingerprint density at radius 3 is 1.20 bits per heavy atom. The summed E-state index contributed by atoms with van der Waals surface area (Å²) in [4.78, 5) is 270. The van der Waals surface area contributed by atoms with Crippen molar-refractivity contribution in [3.05, 3.63) is 162 Å². The molecule has 0 radical (unpaired) electrons. The number of benzene rings is 2. The minimum Gasteiger partial charge on any atom is -0.481 e. The number of carboxylic acid groups (broad SMARTS) is 3. The van der Waals surface area contributed by atoms with Gasteiger partial charge in [0.1, 0.15) is 12.1 Å². The predicted octanol–water partition coefficient (Wildman–Crippen LogP) is 4.05. The van der Waals surface area contributed by atoms with Crippen LogP contribution in [0.2, 0.25) is 0 Å². The Morgan fingerprint density at radius 1 is 0.470 bits per heavy atom. The van der Waals surface area contributed by atoms with Gasteiger partial charge in [0.05, 0.1) is 71.8 Å². The fourth-order valence-corrected chi connectivity index (χ4v) is 16.0. The highest BCUT2D eigenvalue weighted by Crippen LogP contribution is 2.37. The van der Waals surface area contributed by atoms with Crippen LogP contribution in [0.5, 0.6) is 0 Å². The number of carbonyl (C=O) groups is 22. The van der Waals surface area contributed by atoms with Crippen molar-refractivity contribution in [3.8, 4) is 0 Å². The number of imide groups is 8. The molecule has 0 unspecified atom stereocenters. The van der Waals surface area contributed by atoms with E-state index in [0.29, 0.717) is 20.6 Å². The number of nitrogens with two attached hydrogens (primary N) is 1. The van der Waals surface area contributed by atoms with Gasteiger partial charge in [0.2, 0.25) is 17.7 Å². The maximum absolute atomic E-state index is 12.5. The molecule has 0 aromatic heterocycles. The summed E-state index contributed by atoms with van der Waals surface area (Å²) in [5, 5.41) is 29.9. The van der Waals surface area contributed by atoms with Crippen molar-refractivity contribution in [1.29, 1.82) is 0 Å². The highest BCUT2D eigenvalue weighted by Gasteiger charge is 2.49. The summed E-state index contributed by atoms with van der Waals surface area (Å²) in [6.07, 6.45) is 10.7. The van der Waals surface area contributed by atoms with E-state index < -0.39 is 154 Å². The molecular formula is C71H55Br9N12O25. The molecule has 117 heavy (non-hydrogen) atoms. The molecule has 10 aliphatic heterocycles. The Bertz CT molecular complexity index is 4920. The number of anilines is 3. The number of hydrogen-bond acceptors (Lipinski definition) is 23. The number of aliphatic carboxylic acids is 3. The van der Waals surface area contributed by atoms with Crippen LogP contribution in [-0.4, -0.2) is 254 Å². The van der Waals surface area contributed by atoms with E-state index in [-0.39, 0.29) is 130 Å². The zero-order valence-electron chi connectivity index (χ0n) is 59.2. The first-order valence-electron chi connectivity index (χ1n) is 33.3. The van der Waals surface area contributed by atoms with Gasteiger partial charge in [0.15, 0.2) is 0 Å². The van der Waals surface area contributed by atoms with Gasteiger partial charge >= 0.3 is 17.9 Å². The first-order valence-corrected chi connectivity index (χ1v) is 40.4. The minimum atomic E-state index is -1.31. The smallest absolute Gasteiger partial charge is 0.327 e. The summed E-state index contributed by atoms with van der Waals surface area (Å²) in [5.41, 5.74) is 7.24. The number of nitrogens with one attached hydrogen (secondary N) is 1. The van der Waals surface area contributed by atoms with Crippen LogP contribution in [0.4, 0.5) is 17.1 Å². The Hall–Kier alpha value is -9.94. The molecule has 2 fully saturated rings. The third-order valence-electron chi connectivity index (χ3n) is 17.8. The van der Waals surface area contributed by atoms with Gasteiger partial charge in [-0.2, -0.15) is 0 Å². The van der Waals surface area contributed by atoms with E-state index in [0.717, 1.165) is 87.8 Å². The molecule has 19 amide bonds. The SMILES string of the molecule is C=CC(=O)N1C[C@@H](N2C(=O)C=C(Br)C2=O)C[C@H]1C(=O)O.C=CC(=O)Nc1ccc(C[C@@H](C(=O)O)N2C(=O)C=C(Br)C2=O)cc1.NCC(CN1C(=O)C=C(Br)C1=O)CN1C(=O)C=C(Br)C1=O.O=C(O)CCC(=O)N1C[C@H](N2C(=O)C=C(Br)C2=O)C[C@H](N2C(=O)C=C(Br)C2=O)C1.O=C1C=C(Br)C(=O)N1c1cc(Br)cc(N2C(=O)C=C(Br)C2=O)c1. The molecule has 37 nitrogen and oxygen atoms in total. The van der Waals surface area contributed by atoms with Gasteiger partial charge in [-0.05, 0) is 188 Å². The first-order chi connectivity index (χ1) is 54.9. The van der Waals surface area contributed by atoms with E-state index in [1.54, 1.807) is 36.4 Å². The zero-order chi connectivity index (χ0) is 87.0. The van der Waals surface area contributed by atoms with Gasteiger partial charge < -0.3 is 36.2 Å². The molecule has 2 saturated heterocycles. The van der Waals surface area contributed by atoms with Gasteiger partial charge in [0.25, 0.3) is 94.5 Å². The van der Waals surface area contributed by atoms with E-state index in [4.69, 9.17) is 15.9 Å². The van der Waals surface area contributed by atoms with Crippen LogP contribution in [0, 0.1) is 5.92 Å². The fourth-order valence-electron chi connectivity index (χ4n) is 12.4. The molecule has 0 aliphatic carbocycles. The van der Waals surface area contributed by atoms with Crippen LogP contribution in [0.25, 0.3) is 0 Å². The predicted molar refractivity (Wildman–Crippen MR) is 436 cm³/mol. The molecule has 12 rings (SSSR count). The summed E-state index contributed by atoms with van der Waals surface area (Å²) in [6, 6.07) is 6.37. The molecular weight excluding hydrogens is 2140 g/mol. The van der Waals surface area contributed by atoms with Crippen molar-refractivity contribution in [1.82, 2.24) is 39.2 Å². The summed E-state index contributed by atoms with van der Waals surface area (Å²) in [7, 11) is 0. The summed E-state index contributed by atoms with van der Waals surface area (Å²) in [5.74, 6) is -13.9. The molecule has 10 heterocycles. The lowest BCUT2D eigenvalue weighted by Gasteiger charge is -2.43. The lowest BCUT2D eigenvalue weighted by molar-refractivity contribution is -0.153. The number of carbonyl (C=O) groups excluding carboxylic acids is 19. The summed E-state index contributed by atoms with van der Waals surface area (Å²) in [6.45, 7) is 6.86. The van der Waals surface area contributed by atoms with Crippen LogP contribution >= 0.6 is 143 Å². The second-order valence-electron chi connectivity index (χ2n) is 25.3. The molecule has 2 aromatic rings. The number of halogens is 9. The van der Waals surface area contributed by atoms with Gasteiger partial charge in [0, 0.05) is 117 Å². The van der Waals surface area contributed by atoms with Gasteiger partial charge in [-0.25, -0.2) is 19.4 Å². The number of likely N-dealkylation sites (tertiary alicyclic amines) is 2. The standard InChI is InChI=1S/C17H15Br2N3O7.C16H13BrN2O5.C14H5Br3N2O4.C12H11Br2N3O4.C12H11BrN2O5/c18-10-4-13(24)21(16(10)28)8-3-9(22-14(25)5-11(19)17(22)29)7-20(6-8)12(23)1-2-15(26)27;1-2-13(20)18-10-5-3-9(4-6-10)7-12(16(23)24)19-14(21)8-11(17)15(19)22;15-6-1-7(18-11(20)4-9(16)13(18)22)3-8(2-6)19-12(21)5-10(17)14(19)23;13-7-1-9(18)16(11(7)20)4-6(3-15)5-17-10(19)2-8(14)12(17)21;1-2-9(16)14-5-6(3-8(14)12(19)20)15-10(17)4-7(13)11(15)18/h4-5,8-9H,1-3,6-7H2,(H,26,27);2-6,8,12H,1,7H2,(H,18,20)(H,23,24);1-5H;1-2,6H,3-5,15H2;2,4,6,8H,1,3,5H2,(H,19,20)/t8-,9+;12-;;;6-,8-/m.0..0/s1. The van der Waals surface area contributed by atoms with Gasteiger partial charge in [-0.15, -0.1) is 0 Å². The number of hydrogen-bond donors (Lipinski definition) is 5. The number of nitrogens with zero attached hydrogens (tertiary/aromatic N) is 10. The summed E-state index contributed by atoms with van der Waals surface area (Å²) < 4.78 is 1.46. The largest absolute Gasteiger partial charge is 0.481 e. The second-order valence-corrected chi connectivity index (χ2v) is 33.1. The van der Waals surface area contributed by atoms with Crippen molar-refractivity contribution in [3.63, 3.8) is 0 Å². The second kappa shape index (κ2) is 39.5.